The van der Waals surface area contributed by atoms with Crippen molar-refractivity contribution in [3.8, 4) is 17.0 Å². The molecule has 8 nitrogen and oxygen atoms in total. The first-order chi connectivity index (χ1) is 13.5. The van der Waals surface area contributed by atoms with E-state index in [1.54, 1.807) is 24.0 Å². The van der Waals surface area contributed by atoms with Crippen molar-refractivity contribution in [1.29, 1.82) is 0 Å². The highest BCUT2D eigenvalue weighted by atomic mass is 16.5. The molecule has 5 rings (SSSR count). The van der Waals surface area contributed by atoms with E-state index in [1.165, 1.54) is 0 Å². The van der Waals surface area contributed by atoms with Crippen molar-refractivity contribution < 1.29 is 4.74 Å². The lowest BCUT2D eigenvalue weighted by Gasteiger charge is -2.42. The van der Waals surface area contributed by atoms with Crippen LogP contribution in [-0.2, 0) is 0 Å². The molecule has 0 aliphatic heterocycles. The fraction of sp³-hybridized carbons (Fsp3) is 0.300. The van der Waals surface area contributed by atoms with Crippen molar-refractivity contribution in [1.82, 2.24) is 24.6 Å². The van der Waals surface area contributed by atoms with Gasteiger partial charge in [-0.3, -0.25) is 9.97 Å². The molecule has 1 saturated carbocycles. The number of rotatable bonds is 4. The van der Waals surface area contributed by atoms with Gasteiger partial charge in [0, 0.05) is 35.7 Å². The third-order valence-corrected chi connectivity index (χ3v) is 5.21. The summed E-state index contributed by atoms with van der Waals surface area (Å²) in [6.45, 7) is 2.06. The van der Waals surface area contributed by atoms with Gasteiger partial charge in [0.2, 0.25) is 11.8 Å². The zero-order chi connectivity index (χ0) is 19.3. The van der Waals surface area contributed by atoms with E-state index >= 15 is 0 Å². The maximum Gasteiger partial charge on any atom is 0.244 e. The Balaban J connectivity index is 1.55. The van der Waals surface area contributed by atoms with Crippen LogP contribution in [0.4, 0.5) is 5.95 Å². The van der Waals surface area contributed by atoms with Gasteiger partial charge in [-0.2, -0.15) is 4.98 Å². The van der Waals surface area contributed by atoms with Gasteiger partial charge in [-0.25, -0.2) is 4.52 Å². The molecule has 0 saturated heterocycles. The zero-order valence-corrected chi connectivity index (χ0v) is 15.8. The minimum Gasteiger partial charge on any atom is -0.479 e. The Morgan fingerprint density at radius 2 is 1.96 bits per heavy atom. The average Bonchev–Trinajstić information content (AvgIpc) is 3.09. The number of aromatic nitrogens is 5. The van der Waals surface area contributed by atoms with Gasteiger partial charge in [0.15, 0.2) is 0 Å². The normalized spacial score (nSPS) is 21.6. The van der Waals surface area contributed by atoms with Gasteiger partial charge in [-0.1, -0.05) is 6.07 Å². The zero-order valence-electron chi connectivity index (χ0n) is 15.8. The maximum atomic E-state index is 6.10. The Bertz CT molecular complexity index is 1180. The summed E-state index contributed by atoms with van der Waals surface area (Å²) >= 11 is 0. The molecule has 1 aliphatic carbocycles. The minimum atomic E-state index is -0.106. The van der Waals surface area contributed by atoms with Gasteiger partial charge < -0.3 is 15.8 Å². The number of nitrogens with one attached hydrogen (secondary N) is 1. The first-order valence-electron chi connectivity index (χ1n) is 9.22. The van der Waals surface area contributed by atoms with Crippen LogP contribution >= 0.6 is 0 Å². The van der Waals surface area contributed by atoms with E-state index < -0.39 is 0 Å². The predicted octanol–water partition coefficient (Wildman–Crippen LogP) is 2.64. The highest BCUT2D eigenvalue weighted by Gasteiger charge is 2.37. The second-order valence-corrected chi connectivity index (χ2v) is 7.63. The number of hydrogen-bond acceptors (Lipinski definition) is 7. The molecule has 3 heterocycles. The number of nitrogens with two attached hydrogens (primary N) is 1. The van der Waals surface area contributed by atoms with Crippen molar-refractivity contribution in [2.45, 2.75) is 31.3 Å². The second-order valence-electron chi connectivity index (χ2n) is 7.63. The lowest BCUT2D eigenvalue weighted by molar-refractivity contribution is 0.247. The molecule has 1 aromatic carbocycles. The Labute approximate surface area is 161 Å². The van der Waals surface area contributed by atoms with E-state index in [-0.39, 0.29) is 11.6 Å². The van der Waals surface area contributed by atoms with E-state index in [0.717, 1.165) is 40.5 Å². The van der Waals surface area contributed by atoms with Crippen molar-refractivity contribution in [3.05, 3.63) is 42.9 Å². The minimum absolute atomic E-state index is 0.106. The van der Waals surface area contributed by atoms with E-state index in [0.29, 0.717) is 11.8 Å². The number of anilines is 1. The van der Waals surface area contributed by atoms with E-state index in [2.05, 4.69) is 32.3 Å². The van der Waals surface area contributed by atoms with Crippen molar-refractivity contribution in [2.24, 2.45) is 5.73 Å². The van der Waals surface area contributed by atoms with Crippen LogP contribution in [0.3, 0.4) is 0 Å². The molecule has 0 bridgehead atoms. The van der Waals surface area contributed by atoms with Gasteiger partial charge >= 0.3 is 0 Å². The maximum absolute atomic E-state index is 6.10. The molecular formula is C20H21N7O. The van der Waals surface area contributed by atoms with Crippen molar-refractivity contribution in [3.63, 3.8) is 0 Å². The quantitative estimate of drug-likeness (QED) is 0.565. The monoisotopic (exact) mass is 375 g/mol. The Hall–Kier alpha value is -3.26. The first kappa shape index (κ1) is 16.9. The molecule has 1 aliphatic rings. The highest BCUT2D eigenvalue weighted by molar-refractivity contribution is 5.89. The third kappa shape index (κ3) is 2.82. The average molecular weight is 375 g/mol. The molecule has 0 spiro atoms. The molecular weight excluding hydrogens is 354 g/mol. The summed E-state index contributed by atoms with van der Waals surface area (Å²) in [6.07, 6.45) is 7.08. The van der Waals surface area contributed by atoms with Crippen molar-refractivity contribution in [2.75, 3.05) is 12.4 Å². The summed E-state index contributed by atoms with van der Waals surface area (Å²) in [4.78, 5) is 13.3. The fourth-order valence-electron chi connectivity index (χ4n) is 3.91. The van der Waals surface area contributed by atoms with Crippen molar-refractivity contribution >= 4 is 22.5 Å². The highest BCUT2D eigenvalue weighted by Crippen LogP contribution is 2.34. The van der Waals surface area contributed by atoms with Gasteiger partial charge in [-0.15, -0.1) is 5.10 Å². The molecule has 28 heavy (non-hydrogen) atoms. The van der Waals surface area contributed by atoms with Crippen LogP contribution < -0.4 is 15.8 Å². The lowest BCUT2D eigenvalue weighted by Crippen LogP contribution is -2.54. The van der Waals surface area contributed by atoms with Crippen LogP contribution in [0.5, 0.6) is 5.88 Å². The number of methoxy groups -OCH3 is 1. The molecule has 0 radical (unpaired) electrons. The van der Waals surface area contributed by atoms with Crippen LogP contribution in [0, 0.1) is 0 Å². The van der Waals surface area contributed by atoms with Gasteiger partial charge in [0.1, 0.15) is 5.52 Å². The summed E-state index contributed by atoms with van der Waals surface area (Å²) in [5.41, 5.74) is 10.5. The van der Waals surface area contributed by atoms with Crippen LogP contribution in [0.15, 0.2) is 42.9 Å². The molecule has 0 atom stereocenters. The van der Waals surface area contributed by atoms with Gasteiger partial charge in [0.05, 0.1) is 18.1 Å². The third-order valence-electron chi connectivity index (χ3n) is 5.21. The molecule has 142 valence electrons. The van der Waals surface area contributed by atoms with Crippen LogP contribution in [-0.4, -0.2) is 43.3 Å². The summed E-state index contributed by atoms with van der Waals surface area (Å²) in [7, 11) is 1.62. The Morgan fingerprint density at radius 1 is 1.18 bits per heavy atom. The smallest absolute Gasteiger partial charge is 0.244 e. The van der Waals surface area contributed by atoms with Gasteiger partial charge in [0.25, 0.3) is 0 Å². The van der Waals surface area contributed by atoms with E-state index in [9.17, 15) is 0 Å². The topological polar surface area (TPSA) is 103 Å². The van der Waals surface area contributed by atoms with E-state index in [1.807, 2.05) is 30.5 Å². The number of nitrogens with zero attached hydrogens (tertiary/aromatic N) is 5. The Morgan fingerprint density at radius 3 is 2.71 bits per heavy atom. The SMILES string of the molecule is COc1nc(NC2CC(C)(N)C2)nn2ccc(-c3ccc4nccnc4c3)c12. The van der Waals surface area contributed by atoms with Crippen LogP contribution in [0.2, 0.25) is 0 Å². The molecule has 0 unspecified atom stereocenters. The molecule has 3 N–H and O–H groups in total. The molecule has 4 aromatic rings. The Kier molecular flexibility index (Phi) is 3.70. The molecule has 1 fully saturated rings. The summed E-state index contributed by atoms with van der Waals surface area (Å²) in [5, 5.41) is 7.96. The molecule has 3 aromatic heterocycles. The number of hydrogen-bond donors (Lipinski definition) is 2. The number of fused-ring (bicyclic) bond motifs is 2. The fourth-order valence-corrected chi connectivity index (χ4v) is 3.91. The van der Waals surface area contributed by atoms with E-state index in [4.69, 9.17) is 10.5 Å². The number of benzene rings is 1. The predicted molar refractivity (Wildman–Crippen MR) is 107 cm³/mol. The summed E-state index contributed by atoms with van der Waals surface area (Å²) in [5.74, 6) is 1.06. The number of ether oxygens (including phenoxy) is 1. The first-order valence-corrected chi connectivity index (χ1v) is 9.22. The summed E-state index contributed by atoms with van der Waals surface area (Å²) in [6, 6.07) is 8.29. The van der Waals surface area contributed by atoms with Crippen LogP contribution in [0.1, 0.15) is 19.8 Å². The summed E-state index contributed by atoms with van der Waals surface area (Å²) < 4.78 is 7.38. The molecule has 0 amide bonds. The van der Waals surface area contributed by atoms with Crippen LogP contribution in [0.25, 0.3) is 27.7 Å². The largest absolute Gasteiger partial charge is 0.479 e. The lowest BCUT2D eigenvalue weighted by atomic mass is 9.75. The molecule has 8 heteroatoms. The van der Waals surface area contributed by atoms with Gasteiger partial charge in [-0.05, 0) is 43.5 Å². The standard InChI is InChI=1S/C20H21N7O/c1-20(21)10-13(11-20)24-19-25-18(28-2)17-14(5-8-27(17)26-19)12-3-4-15-16(9-12)23-7-6-22-15/h3-9,13H,10-11,21H2,1-2H3,(H,24,26). The second kappa shape index (κ2) is 6.13.